The van der Waals surface area contributed by atoms with E-state index >= 15 is 0 Å². The maximum atomic E-state index is 12.1. The third-order valence-electron chi connectivity index (χ3n) is 3.73. The van der Waals surface area contributed by atoms with E-state index in [1.807, 2.05) is 18.2 Å². The van der Waals surface area contributed by atoms with Crippen LogP contribution in [0.15, 0.2) is 18.2 Å². The molecule has 0 saturated carbocycles. The average Bonchev–Trinajstić information content (AvgIpc) is 2.68. The number of amides is 2. The van der Waals surface area contributed by atoms with Crippen LogP contribution in [0.3, 0.4) is 0 Å². The van der Waals surface area contributed by atoms with Gasteiger partial charge >= 0.3 is 0 Å². The summed E-state index contributed by atoms with van der Waals surface area (Å²) in [6.07, 6.45) is 2.20. The largest absolute Gasteiger partial charge is 0.378 e. The van der Waals surface area contributed by atoms with Crippen LogP contribution in [0.5, 0.6) is 0 Å². The first-order chi connectivity index (χ1) is 10.2. The Balaban J connectivity index is 1.70. The van der Waals surface area contributed by atoms with E-state index in [0.29, 0.717) is 26.2 Å². The Morgan fingerprint density at radius 3 is 3.05 bits per heavy atom. The summed E-state index contributed by atoms with van der Waals surface area (Å²) in [6, 6.07) is 5.28. The van der Waals surface area contributed by atoms with Crippen molar-refractivity contribution in [2.24, 2.45) is 0 Å². The van der Waals surface area contributed by atoms with Gasteiger partial charge in [0.1, 0.15) is 6.04 Å². The molecule has 2 amide bonds. The molecule has 3 rings (SSSR count). The molecule has 0 bridgehead atoms. The van der Waals surface area contributed by atoms with Gasteiger partial charge in [0.2, 0.25) is 11.8 Å². The highest BCUT2D eigenvalue weighted by Gasteiger charge is 2.21. The summed E-state index contributed by atoms with van der Waals surface area (Å²) in [5.74, 6) is -0.0404. The molecule has 112 valence electrons. The first-order valence-electron chi connectivity index (χ1n) is 7.27. The summed E-state index contributed by atoms with van der Waals surface area (Å²) in [7, 11) is 0. The lowest BCUT2D eigenvalue weighted by Crippen LogP contribution is -2.48. The monoisotopic (exact) mass is 289 g/mol. The van der Waals surface area contributed by atoms with E-state index in [1.165, 1.54) is 0 Å². The van der Waals surface area contributed by atoms with E-state index in [1.54, 1.807) is 0 Å². The molecule has 1 fully saturated rings. The molecule has 2 heterocycles. The lowest BCUT2D eigenvalue weighted by Gasteiger charge is -2.23. The Kier molecular flexibility index (Phi) is 4.17. The van der Waals surface area contributed by atoms with Crippen molar-refractivity contribution in [2.75, 3.05) is 30.4 Å². The Morgan fingerprint density at radius 1 is 1.33 bits per heavy atom. The summed E-state index contributed by atoms with van der Waals surface area (Å²) in [5, 5.41) is 8.90. The van der Waals surface area contributed by atoms with Gasteiger partial charge in [0.25, 0.3) is 0 Å². The smallest absolute Gasteiger partial charge is 0.243 e. The number of hydrogen-bond donors (Lipinski definition) is 3. The van der Waals surface area contributed by atoms with Crippen molar-refractivity contribution in [3.8, 4) is 0 Å². The second-order valence-electron chi connectivity index (χ2n) is 5.34. The van der Waals surface area contributed by atoms with E-state index in [-0.39, 0.29) is 17.9 Å². The van der Waals surface area contributed by atoms with E-state index in [2.05, 4.69) is 16.0 Å². The summed E-state index contributed by atoms with van der Waals surface area (Å²) in [6.45, 7) is 1.73. The van der Waals surface area contributed by atoms with Crippen LogP contribution in [-0.2, 0) is 20.7 Å². The highest BCUT2D eigenvalue weighted by atomic mass is 16.5. The number of nitrogens with one attached hydrogen (secondary N) is 3. The summed E-state index contributed by atoms with van der Waals surface area (Å²) >= 11 is 0. The molecular weight excluding hydrogens is 270 g/mol. The zero-order chi connectivity index (χ0) is 14.7. The number of carbonyl (C=O) groups excluding carboxylic acids is 2. The molecule has 1 saturated heterocycles. The van der Waals surface area contributed by atoms with Crippen molar-refractivity contribution in [2.45, 2.75) is 25.3 Å². The maximum Gasteiger partial charge on any atom is 0.243 e. The zero-order valence-corrected chi connectivity index (χ0v) is 11.8. The molecular formula is C15H19N3O3. The first kappa shape index (κ1) is 14.0. The number of aryl methyl sites for hydroxylation is 1. The molecule has 1 aromatic carbocycles. The Morgan fingerprint density at radius 2 is 2.24 bits per heavy atom. The minimum absolute atomic E-state index is 0.0501. The predicted molar refractivity (Wildman–Crippen MR) is 79.2 cm³/mol. The molecule has 2 aliphatic heterocycles. The molecule has 6 nitrogen and oxygen atoms in total. The molecule has 0 aliphatic carbocycles. The fraction of sp³-hybridized carbons (Fsp3) is 0.467. The predicted octanol–water partition coefficient (Wildman–Crippen LogP) is 0.888. The van der Waals surface area contributed by atoms with Crippen molar-refractivity contribution < 1.29 is 14.3 Å². The van der Waals surface area contributed by atoms with Crippen molar-refractivity contribution in [3.05, 3.63) is 23.8 Å². The van der Waals surface area contributed by atoms with Crippen molar-refractivity contribution >= 4 is 23.2 Å². The molecule has 1 aromatic rings. The summed E-state index contributed by atoms with van der Waals surface area (Å²) in [5.41, 5.74) is 2.66. The Bertz CT molecular complexity index is 553. The van der Waals surface area contributed by atoms with Gasteiger partial charge in [-0.3, -0.25) is 9.59 Å². The third kappa shape index (κ3) is 3.40. The maximum absolute atomic E-state index is 12.1. The van der Waals surface area contributed by atoms with Gasteiger partial charge in [0, 0.05) is 24.3 Å². The Labute approximate surface area is 123 Å². The molecule has 3 N–H and O–H groups in total. The molecule has 1 unspecified atom stereocenters. The van der Waals surface area contributed by atoms with Crippen LogP contribution >= 0.6 is 0 Å². The zero-order valence-electron chi connectivity index (χ0n) is 11.8. The van der Waals surface area contributed by atoms with Crippen molar-refractivity contribution in [1.82, 2.24) is 5.32 Å². The number of fused-ring (bicyclic) bond motifs is 1. The fourth-order valence-corrected chi connectivity index (χ4v) is 2.62. The quantitative estimate of drug-likeness (QED) is 0.755. The summed E-state index contributed by atoms with van der Waals surface area (Å²) in [4.78, 5) is 23.6. The van der Waals surface area contributed by atoms with E-state index in [9.17, 15) is 9.59 Å². The molecule has 0 radical (unpaired) electrons. The Hall–Kier alpha value is -1.92. The lowest BCUT2D eigenvalue weighted by molar-refractivity contribution is -0.120. The highest BCUT2D eigenvalue weighted by Crippen LogP contribution is 2.25. The third-order valence-corrected chi connectivity index (χ3v) is 3.73. The molecule has 0 aromatic heterocycles. The minimum Gasteiger partial charge on any atom is -0.378 e. The number of ether oxygens (including phenoxy) is 1. The summed E-state index contributed by atoms with van der Waals surface area (Å²) < 4.78 is 5.29. The first-order valence-corrected chi connectivity index (χ1v) is 7.27. The van der Waals surface area contributed by atoms with Crippen LogP contribution < -0.4 is 16.0 Å². The number of anilines is 2. The van der Waals surface area contributed by atoms with Gasteiger partial charge in [-0.05, 0) is 36.6 Å². The molecule has 2 aliphatic rings. The van der Waals surface area contributed by atoms with Gasteiger partial charge in [0.15, 0.2) is 0 Å². The molecule has 6 heteroatoms. The van der Waals surface area contributed by atoms with Crippen LogP contribution in [0.2, 0.25) is 0 Å². The van der Waals surface area contributed by atoms with Crippen LogP contribution in [0.25, 0.3) is 0 Å². The van der Waals surface area contributed by atoms with E-state index in [0.717, 1.165) is 29.8 Å². The molecule has 21 heavy (non-hydrogen) atoms. The van der Waals surface area contributed by atoms with Crippen LogP contribution in [0.4, 0.5) is 11.4 Å². The van der Waals surface area contributed by atoms with Crippen molar-refractivity contribution in [3.63, 3.8) is 0 Å². The normalized spacial score (nSPS) is 21.9. The van der Waals surface area contributed by atoms with Gasteiger partial charge in [0.05, 0.1) is 13.2 Å². The van der Waals surface area contributed by atoms with Crippen LogP contribution in [0, 0.1) is 0 Å². The van der Waals surface area contributed by atoms with Gasteiger partial charge in [-0.25, -0.2) is 0 Å². The SMILES string of the molecule is O=C1CCCc2cc(NC(=O)C3COCCN3)ccc2N1. The van der Waals surface area contributed by atoms with E-state index in [4.69, 9.17) is 4.74 Å². The minimum atomic E-state index is -0.308. The lowest BCUT2D eigenvalue weighted by atomic mass is 10.1. The highest BCUT2D eigenvalue weighted by molar-refractivity contribution is 5.96. The van der Waals surface area contributed by atoms with Gasteiger partial charge in [-0.1, -0.05) is 0 Å². The fourth-order valence-electron chi connectivity index (χ4n) is 2.62. The van der Waals surface area contributed by atoms with Gasteiger partial charge in [-0.2, -0.15) is 0 Å². The second kappa shape index (κ2) is 6.24. The molecule has 1 atom stereocenters. The topological polar surface area (TPSA) is 79.5 Å². The van der Waals surface area contributed by atoms with Crippen molar-refractivity contribution in [1.29, 1.82) is 0 Å². The van der Waals surface area contributed by atoms with Gasteiger partial charge in [-0.15, -0.1) is 0 Å². The van der Waals surface area contributed by atoms with Crippen LogP contribution in [-0.4, -0.2) is 37.6 Å². The van der Waals surface area contributed by atoms with E-state index < -0.39 is 0 Å². The number of benzene rings is 1. The number of carbonyl (C=O) groups is 2. The number of rotatable bonds is 2. The standard InChI is InChI=1S/C15H19N3O3/c19-14-3-1-2-10-8-11(4-5-12(10)18-14)17-15(20)13-9-21-7-6-16-13/h4-5,8,13,16H,1-3,6-7,9H2,(H,17,20)(H,18,19). The number of morpholine rings is 1. The molecule has 0 spiro atoms. The number of hydrogen-bond acceptors (Lipinski definition) is 4. The van der Waals surface area contributed by atoms with Gasteiger partial charge < -0.3 is 20.7 Å². The van der Waals surface area contributed by atoms with Crippen LogP contribution in [0.1, 0.15) is 18.4 Å². The average molecular weight is 289 g/mol. The second-order valence-corrected chi connectivity index (χ2v) is 5.34.